The number of aromatic carboxylic acids is 1. The van der Waals surface area contributed by atoms with Crippen molar-refractivity contribution in [2.24, 2.45) is 0 Å². The van der Waals surface area contributed by atoms with Crippen LogP contribution in [-0.4, -0.2) is 50.2 Å². The Morgan fingerprint density at radius 1 is 1.41 bits per heavy atom. The third-order valence-electron chi connectivity index (χ3n) is 3.84. The van der Waals surface area contributed by atoms with Crippen LogP contribution in [0.15, 0.2) is 24.3 Å². The van der Waals surface area contributed by atoms with Gasteiger partial charge in [-0.1, -0.05) is 12.1 Å². The zero-order valence-corrected chi connectivity index (χ0v) is 12.4. The number of aliphatic hydroxyl groups excluding tert-OH is 1. The molecule has 1 unspecified atom stereocenters. The van der Waals surface area contributed by atoms with Crippen LogP contribution in [-0.2, 0) is 13.0 Å². The van der Waals surface area contributed by atoms with Gasteiger partial charge in [-0.15, -0.1) is 0 Å². The van der Waals surface area contributed by atoms with E-state index in [1.807, 2.05) is 0 Å². The number of β-amino-alcohol motifs (C(OH)–C–C–N with tert-alkyl or cyclic N) is 1. The molecule has 0 saturated carbocycles. The van der Waals surface area contributed by atoms with Crippen molar-refractivity contribution in [1.82, 2.24) is 14.9 Å². The molecule has 0 fully saturated rings. The van der Waals surface area contributed by atoms with Gasteiger partial charge in [-0.3, -0.25) is 4.90 Å². The molecule has 6 nitrogen and oxygen atoms in total. The highest BCUT2D eigenvalue weighted by molar-refractivity contribution is 5.88. The Balaban J connectivity index is 1.80. The highest BCUT2D eigenvalue weighted by Crippen LogP contribution is 2.23. The van der Waals surface area contributed by atoms with Gasteiger partial charge in [-0.2, -0.15) is 0 Å². The van der Waals surface area contributed by atoms with Crippen LogP contribution in [0.4, 0.5) is 0 Å². The molecule has 0 saturated heterocycles. The zero-order chi connectivity index (χ0) is 15.7. The quantitative estimate of drug-likeness (QED) is 0.796. The molecule has 0 aliphatic carbocycles. The molecule has 6 heteroatoms. The number of carboxylic acids is 1. The number of nitrogens with one attached hydrogen (secondary N) is 1. The summed E-state index contributed by atoms with van der Waals surface area (Å²) in [5.41, 5.74) is 3.27. The monoisotopic (exact) mass is 301 g/mol. The highest BCUT2D eigenvalue weighted by Gasteiger charge is 2.21. The molecule has 1 aromatic carbocycles. The van der Waals surface area contributed by atoms with E-state index in [0.717, 1.165) is 42.3 Å². The summed E-state index contributed by atoms with van der Waals surface area (Å²) in [6.45, 7) is 4.08. The van der Waals surface area contributed by atoms with Crippen LogP contribution >= 0.6 is 0 Å². The van der Waals surface area contributed by atoms with Crippen molar-refractivity contribution in [1.29, 1.82) is 0 Å². The first kappa shape index (κ1) is 14.7. The van der Waals surface area contributed by atoms with E-state index in [4.69, 9.17) is 5.11 Å². The van der Waals surface area contributed by atoms with Gasteiger partial charge in [0.1, 0.15) is 5.82 Å². The Morgan fingerprint density at radius 3 is 2.77 bits per heavy atom. The number of H-pyrrole nitrogens is 1. The molecule has 1 aliphatic heterocycles. The summed E-state index contributed by atoms with van der Waals surface area (Å²) in [5, 5.41) is 18.4. The number of aromatic nitrogens is 2. The molecule has 3 N–H and O–H groups in total. The lowest BCUT2D eigenvalue weighted by Crippen LogP contribution is -2.35. The number of carboxylic acid groups (broad SMARTS) is 1. The first-order valence-electron chi connectivity index (χ1n) is 7.35. The van der Waals surface area contributed by atoms with Crippen LogP contribution in [0.2, 0.25) is 0 Å². The lowest BCUT2D eigenvalue weighted by Gasteiger charge is -2.26. The van der Waals surface area contributed by atoms with Crippen molar-refractivity contribution in [3.05, 3.63) is 41.2 Å². The van der Waals surface area contributed by atoms with Gasteiger partial charge < -0.3 is 15.2 Å². The number of hydrogen-bond acceptors (Lipinski definition) is 4. The van der Waals surface area contributed by atoms with E-state index in [-0.39, 0.29) is 11.7 Å². The Kier molecular flexibility index (Phi) is 3.96. The van der Waals surface area contributed by atoms with E-state index in [9.17, 15) is 9.90 Å². The maximum atomic E-state index is 10.9. The lowest BCUT2D eigenvalue weighted by molar-refractivity contribution is 0.0697. The minimum atomic E-state index is -0.931. The van der Waals surface area contributed by atoms with Crippen molar-refractivity contribution >= 4 is 5.97 Å². The van der Waals surface area contributed by atoms with Gasteiger partial charge in [0.15, 0.2) is 0 Å². The topological polar surface area (TPSA) is 89.4 Å². The molecule has 1 aromatic heterocycles. The summed E-state index contributed by atoms with van der Waals surface area (Å²) in [6.07, 6.45) is 0.513. The molecular formula is C16H19N3O3. The van der Waals surface area contributed by atoms with Crippen LogP contribution in [0.3, 0.4) is 0 Å². The second kappa shape index (κ2) is 5.90. The fourth-order valence-electron chi connectivity index (χ4n) is 2.79. The van der Waals surface area contributed by atoms with Gasteiger partial charge in [0.2, 0.25) is 0 Å². The number of carbonyl (C=O) groups is 1. The van der Waals surface area contributed by atoms with Gasteiger partial charge in [-0.05, 0) is 19.1 Å². The number of nitrogens with zero attached hydrogens (tertiary/aromatic N) is 2. The van der Waals surface area contributed by atoms with Gasteiger partial charge >= 0.3 is 5.97 Å². The Labute approximate surface area is 128 Å². The van der Waals surface area contributed by atoms with Crippen LogP contribution in [0, 0.1) is 0 Å². The summed E-state index contributed by atoms with van der Waals surface area (Å²) < 4.78 is 0. The Bertz CT molecular complexity index is 676. The number of aliphatic hydroxyl groups is 1. The first-order chi connectivity index (χ1) is 10.5. The summed E-state index contributed by atoms with van der Waals surface area (Å²) in [7, 11) is 0. The molecule has 2 aromatic rings. The minimum Gasteiger partial charge on any atom is -0.478 e. The van der Waals surface area contributed by atoms with Crippen molar-refractivity contribution < 1.29 is 15.0 Å². The summed E-state index contributed by atoms with van der Waals surface area (Å²) in [5.74, 6) is -0.167. The summed E-state index contributed by atoms with van der Waals surface area (Å²) in [4.78, 5) is 21.0. The molecule has 116 valence electrons. The summed E-state index contributed by atoms with van der Waals surface area (Å²) in [6, 6.07) is 6.69. The van der Waals surface area contributed by atoms with Gasteiger partial charge in [0, 0.05) is 31.6 Å². The molecule has 1 aliphatic rings. The maximum absolute atomic E-state index is 10.9. The smallest absolute Gasteiger partial charge is 0.335 e. The third-order valence-corrected chi connectivity index (χ3v) is 3.84. The SMILES string of the molecule is CC(O)CN1CCc2nc(-c3ccc(C(=O)O)cc3)[nH]c2C1. The Hall–Kier alpha value is -2.18. The van der Waals surface area contributed by atoms with Crippen molar-refractivity contribution in [3.8, 4) is 11.4 Å². The molecule has 0 amide bonds. The van der Waals surface area contributed by atoms with Crippen LogP contribution < -0.4 is 0 Å². The standard InChI is InChI=1S/C16H19N3O3/c1-10(20)8-19-7-6-13-14(9-19)18-15(17-13)11-2-4-12(5-3-11)16(21)22/h2-5,10,20H,6-9H2,1H3,(H,17,18)(H,21,22). The molecule has 3 rings (SSSR count). The second-order valence-corrected chi connectivity index (χ2v) is 5.73. The van der Waals surface area contributed by atoms with E-state index in [0.29, 0.717) is 6.54 Å². The third kappa shape index (κ3) is 3.03. The number of fused-ring (bicyclic) bond motifs is 1. The number of imidazole rings is 1. The van der Waals surface area contributed by atoms with E-state index < -0.39 is 5.97 Å². The van der Waals surface area contributed by atoms with Crippen LogP contribution in [0.5, 0.6) is 0 Å². The van der Waals surface area contributed by atoms with E-state index >= 15 is 0 Å². The zero-order valence-electron chi connectivity index (χ0n) is 12.4. The molecule has 0 radical (unpaired) electrons. The molecular weight excluding hydrogens is 282 g/mol. The van der Waals surface area contributed by atoms with E-state index in [1.54, 1.807) is 31.2 Å². The number of aromatic amines is 1. The second-order valence-electron chi connectivity index (χ2n) is 5.73. The fourth-order valence-corrected chi connectivity index (χ4v) is 2.79. The normalized spacial score (nSPS) is 16.3. The number of benzene rings is 1. The van der Waals surface area contributed by atoms with Gasteiger partial charge in [0.25, 0.3) is 0 Å². The lowest BCUT2D eigenvalue weighted by atomic mass is 10.1. The average Bonchev–Trinajstić information content (AvgIpc) is 2.90. The van der Waals surface area contributed by atoms with Crippen molar-refractivity contribution in [2.45, 2.75) is 26.0 Å². The number of hydrogen-bond donors (Lipinski definition) is 3. The predicted octanol–water partition coefficient (Wildman–Crippen LogP) is 1.51. The van der Waals surface area contributed by atoms with Crippen molar-refractivity contribution in [3.63, 3.8) is 0 Å². The maximum Gasteiger partial charge on any atom is 0.335 e. The summed E-state index contributed by atoms with van der Waals surface area (Å²) >= 11 is 0. The molecule has 0 spiro atoms. The predicted molar refractivity (Wildman–Crippen MR) is 81.6 cm³/mol. The molecule has 0 bridgehead atoms. The van der Waals surface area contributed by atoms with Gasteiger partial charge in [-0.25, -0.2) is 9.78 Å². The van der Waals surface area contributed by atoms with Crippen molar-refractivity contribution in [2.75, 3.05) is 13.1 Å². The van der Waals surface area contributed by atoms with E-state index in [2.05, 4.69) is 14.9 Å². The fraction of sp³-hybridized carbons (Fsp3) is 0.375. The Morgan fingerprint density at radius 2 is 2.14 bits per heavy atom. The van der Waals surface area contributed by atoms with E-state index in [1.165, 1.54) is 0 Å². The van der Waals surface area contributed by atoms with Crippen LogP contribution in [0.25, 0.3) is 11.4 Å². The number of rotatable bonds is 4. The van der Waals surface area contributed by atoms with Gasteiger partial charge in [0.05, 0.1) is 23.1 Å². The molecule has 22 heavy (non-hydrogen) atoms. The largest absolute Gasteiger partial charge is 0.478 e. The first-order valence-corrected chi connectivity index (χ1v) is 7.35. The minimum absolute atomic E-state index is 0.267. The highest BCUT2D eigenvalue weighted by atomic mass is 16.4. The van der Waals surface area contributed by atoms with Crippen LogP contribution in [0.1, 0.15) is 28.7 Å². The molecule has 1 atom stereocenters. The average molecular weight is 301 g/mol. The molecule has 2 heterocycles.